The molecule has 0 aliphatic carbocycles. The monoisotopic (exact) mass is 435 g/mol. The number of halogens is 5. The molecule has 3 rings (SSSR count). The van der Waals surface area contributed by atoms with E-state index in [4.69, 9.17) is 23.2 Å². The summed E-state index contributed by atoms with van der Waals surface area (Å²) in [5, 5.41) is 5.89. The van der Waals surface area contributed by atoms with Gasteiger partial charge in [0.05, 0.1) is 23.5 Å². The first-order valence-corrected chi connectivity index (χ1v) is 9.09. The van der Waals surface area contributed by atoms with E-state index >= 15 is 0 Å². The predicted molar refractivity (Wildman–Crippen MR) is 95.7 cm³/mol. The molecule has 2 aromatic heterocycles. The van der Waals surface area contributed by atoms with Crippen LogP contribution in [-0.2, 0) is 10.9 Å². The lowest BCUT2D eigenvalue weighted by atomic mass is 10.2. The van der Waals surface area contributed by atoms with Crippen LogP contribution in [0.4, 0.5) is 13.2 Å². The van der Waals surface area contributed by atoms with Crippen LogP contribution in [0.25, 0.3) is 16.4 Å². The van der Waals surface area contributed by atoms with Crippen molar-refractivity contribution < 1.29 is 22.7 Å². The molecular weight excluding hydrogens is 426 g/mol. The van der Waals surface area contributed by atoms with E-state index < -0.39 is 23.4 Å². The summed E-state index contributed by atoms with van der Waals surface area (Å²) >= 11 is 12.9. The van der Waals surface area contributed by atoms with Crippen LogP contribution >= 0.6 is 34.5 Å². The first-order valence-electron chi connectivity index (χ1n) is 7.46. The molecule has 0 spiro atoms. The zero-order valence-corrected chi connectivity index (χ0v) is 15.9. The Morgan fingerprint density at radius 3 is 2.70 bits per heavy atom. The summed E-state index contributed by atoms with van der Waals surface area (Å²) in [6, 6.07) is 4.71. The maximum Gasteiger partial charge on any atom is 0.434 e. The summed E-state index contributed by atoms with van der Waals surface area (Å²) in [6.07, 6.45) is -4.01. The summed E-state index contributed by atoms with van der Waals surface area (Å²) in [4.78, 5) is 16.0. The second kappa shape index (κ2) is 7.49. The molecule has 27 heavy (non-hydrogen) atoms. The summed E-state index contributed by atoms with van der Waals surface area (Å²) in [7, 11) is 0. The van der Waals surface area contributed by atoms with Gasteiger partial charge < -0.3 is 4.74 Å². The fourth-order valence-electron chi connectivity index (χ4n) is 2.31. The van der Waals surface area contributed by atoms with Gasteiger partial charge in [0, 0.05) is 16.0 Å². The Morgan fingerprint density at radius 2 is 2.07 bits per heavy atom. The topological polar surface area (TPSA) is 57.0 Å². The van der Waals surface area contributed by atoms with E-state index in [-0.39, 0.29) is 11.7 Å². The highest BCUT2D eigenvalue weighted by Crippen LogP contribution is 2.36. The minimum atomic E-state index is -4.83. The van der Waals surface area contributed by atoms with Gasteiger partial charge in [-0.05, 0) is 25.1 Å². The molecule has 0 amide bonds. The van der Waals surface area contributed by atoms with Crippen molar-refractivity contribution in [2.75, 3.05) is 6.61 Å². The van der Waals surface area contributed by atoms with E-state index in [1.807, 2.05) is 0 Å². The lowest BCUT2D eigenvalue weighted by molar-refractivity contribution is -0.143. The third-order valence-electron chi connectivity index (χ3n) is 3.41. The largest absolute Gasteiger partial charge is 0.462 e. The number of ether oxygens (including phenoxy) is 1. The van der Waals surface area contributed by atoms with Crippen LogP contribution in [0.5, 0.6) is 0 Å². The highest BCUT2D eigenvalue weighted by molar-refractivity contribution is 7.12. The molecule has 0 radical (unpaired) electrons. The molecule has 5 nitrogen and oxygen atoms in total. The van der Waals surface area contributed by atoms with Crippen molar-refractivity contribution in [2.24, 2.45) is 0 Å². The van der Waals surface area contributed by atoms with Crippen molar-refractivity contribution >= 4 is 40.5 Å². The molecule has 0 aliphatic rings. The van der Waals surface area contributed by atoms with Crippen molar-refractivity contribution in [3.63, 3.8) is 0 Å². The third-order valence-corrected chi connectivity index (χ3v) is 4.78. The number of nitrogens with zero attached hydrogens (tertiary/aromatic N) is 3. The van der Waals surface area contributed by atoms with Gasteiger partial charge in [0.15, 0.2) is 5.69 Å². The summed E-state index contributed by atoms with van der Waals surface area (Å²) in [5.74, 6) is -1.10. The zero-order chi connectivity index (χ0) is 19.8. The van der Waals surface area contributed by atoms with Crippen LogP contribution in [0.3, 0.4) is 0 Å². The standard InChI is InChI=1S/C16H10Cl2F3N3O2S/c1-2-26-14(25)10-6-22-24(13(10)16(19,20)21)15-23-12(7-27-15)9-4-3-8(17)5-11(9)18/h3-7H,2H2,1H3. The van der Waals surface area contributed by atoms with Gasteiger partial charge in [-0.1, -0.05) is 23.2 Å². The van der Waals surface area contributed by atoms with Crippen LogP contribution in [0, 0.1) is 0 Å². The number of hydrogen-bond acceptors (Lipinski definition) is 5. The Bertz CT molecular complexity index is 1000. The highest BCUT2D eigenvalue weighted by atomic mass is 35.5. The number of carbonyl (C=O) groups is 1. The van der Waals surface area contributed by atoms with Gasteiger partial charge in [0.2, 0.25) is 5.13 Å². The molecule has 11 heteroatoms. The number of benzene rings is 1. The average molecular weight is 436 g/mol. The molecule has 0 bridgehead atoms. The Kier molecular flexibility index (Phi) is 5.45. The summed E-state index contributed by atoms with van der Waals surface area (Å²) in [6.45, 7) is 1.44. The summed E-state index contributed by atoms with van der Waals surface area (Å²) < 4.78 is 45.9. The predicted octanol–water partition coefficient (Wildman–Crippen LogP) is 5.50. The number of alkyl halides is 3. The number of thiazole rings is 1. The number of carbonyl (C=O) groups excluding carboxylic acids is 1. The molecule has 2 heterocycles. The lowest BCUT2D eigenvalue weighted by Crippen LogP contribution is -2.18. The van der Waals surface area contributed by atoms with Crippen molar-refractivity contribution in [1.29, 1.82) is 0 Å². The molecule has 0 saturated carbocycles. The van der Waals surface area contributed by atoms with Gasteiger partial charge in [-0.3, -0.25) is 0 Å². The van der Waals surface area contributed by atoms with Crippen molar-refractivity contribution in [1.82, 2.24) is 14.8 Å². The Balaban J connectivity index is 2.07. The molecule has 0 unspecified atom stereocenters. The van der Waals surface area contributed by atoms with E-state index in [2.05, 4.69) is 14.8 Å². The fourth-order valence-corrected chi connectivity index (χ4v) is 3.60. The van der Waals surface area contributed by atoms with Crippen LogP contribution < -0.4 is 0 Å². The van der Waals surface area contributed by atoms with Crippen molar-refractivity contribution in [2.45, 2.75) is 13.1 Å². The molecule has 3 aromatic rings. The van der Waals surface area contributed by atoms with Crippen LogP contribution in [-0.4, -0.2) is 27.3 Å². The van der Waals surface area contributed by atoms with Gasteiger partial charge in [0.25, 0.3) is 0 Å². The van der Waals surface area contributed by atoms with E-state index in [1.165, 1.54) is 18.4 Å². The molecule has 1 aromatic carbocycles. The lowest BCUT2D eigenvalue weighted by Gasteiger charge is -2.10. The third kappa shape index (κ3) is 3.95. The second-order valence-electron chi connectivity index (χ2n) is 5.18. The Hall–Kier alpha value is -2.10. The number of aromatic nitrogens is 3. The van der Waals surface area contributed by atoms with Gasteiger partial charge in [-0.2, -0.15) is 18.3 Å². The normalized spacial score (nSPS) is 11.6. The molecule has 142 valence electrons. The quantitative estimate of drug-likeness (QED) is 0.507. The Labute approximate surface area is 165 Å². The molecule has 0 N–H and O–H groups in total. The van der Waals surface area contributed by atoms with Gasteiger partial charge in [0.1, 0.15) is 5.56 Å². The first-order chi connectivity index (χ1) is 12.7. The molecular formula is C16H10Cl2F3N3O2S. The molecule has 0 atom stereocenters. The van der Waals surface area contributed by atoms with Gasteiger partial charge >= 0.3 is 12.1 Å². The summed E-state index contributed by atoms with van der Waals surface area (Å²) in [5.41, 5.74) is -1.05. The van der Waals surface area contributed by atoms with Crippen LogP contribution in [0.15, 0.2) is 29.8 Å². The number of esters is 1. The second-order valence-corrected chi connectivity index (χ2v) is 6.86. The number of rotatable bonds is 4. The van der Waals surface area contributed by atoms with Crippen LogP contribution in [0.1, 0.15) is 23.0 Å². The van der Waals surface area contributed by atoms with Crippen molar-refractivity contribution in [3.8, 4) is 16.4 Å². The smallest absolute Gasteiger partial charge is 0.434 e. The Morgan fingerprint density at radius 1 is 1.33 bits per heavy atom. The maximum atomic E-state index is 13.5. The fraction of sp³-hybridized carbons (Fsp3) is 0.188. The van der Waals surface area contributed by atoms with Gasteiger partial charge in [-0.15, -0.1) is 11.3 Å². The minimum Gasteiger partial charge on any atom is -0.462 e. The van der Waals surface area contributed by atoms with E-state index in [1.54, 1.807) is 12.1 Å². The van der Waals surface area contributed by atoms with E-state index in [0.717, 1.165) is 17.5 Å². The van der Waals surface area contributed by atoms with Crippen LogP contribution in [0.2, 0.25) is 10.0 Å². The zero-order valence-electron chi connectivity index (χ0n) is 13.6. The van der Waals surface area contributed by atoms with Gasteiger partial charge in [-0.25, -0.2) is 14.5 Å². The number of hydrogen-bond donors (Lipinski definition) is 0. The highest BCUT2D eigenvalue weighted by Gasteiger charge is 2.41. The van der Waals surface area contributed by atoms with E-state index in [9.17, 15) is 18.0 Å². The molecule has 0 saturated heterocycles. The molecule has 0 aliphatic heterocycles. The first kappa shape index (κ1) is 19.7. The SMILES string of the molecule is CCOC(=O)c1cnn(-c2nc(-c3ccc(Cl)cc3Cl)cs2)c1C(F)(F)F. The van der Waals surface area contributed by atoms with E-state index in [0.29, 0.717) is 26.0 Å². The maximum absolute atomic E-state index is 13.5. The van der Waals surface area contributed by atoms with Crippen molar-refractivity contribution in [3.05, 3.63) is 51.1 Å². The average Bonchev–Trinajstić information content (AvgIpc) is 3.21. The molecule has 0 fully saturated rings. The minimum absolute atomic E-state index is 0.0578.